The number of hydrogen-bond acceptors (Lipinski definition) is 2. The maximum absolute atomic E-state index is 11.8. The summed E-state index contributed by atoms with van der Waals surface area (Å²) < 4.78 is 0. The van der Waals surface area contributed by atoms with Crippen molar-refractivity contribution < 1.29 is 4.79 Å². The lowest BCUT2D eigenvalue weighted by Gasteiger charge is -2.07. The molecule has 21 heavy (non-hydrogen) atoms. The van der Waals surface area contributed by atoms with Crippen molar-refractivity contribution in [3.05, 3.63) is 65.5 Å². The predicted octanol–water partition coefficient (Wildman–Crippen LogP) is 3.07. The molecule has 2 aromatic rings. The third kappa shape index (κ3) is 5.38. The average molecular weight is 282 g/mol. The van der Waals surface area contributed by atoms with Crippen LogP contribution in [0.3, 0.4) is 0 Å². The molecule has 0 aliphatic rings. The van der Waals surface area contributed by atoms with Gasteiger partial charge in [0.05, 0.1) is 0 Å². The van der Waals surface area contributed by atoms with Gasteiger partial charge in [0, 0.05) is 24.9 Å². The average Bonchev–Trinajstić information content (AvgIpc) is 2.52. The van der Waals surface area contributed by atoms with Gasteiger partial charge in [-0.05, 0) is 49.4 Å². The highest BCUT2D eigenvalue weighted by atomic mass is 16.1. The van der Waals surface area contributed by atoms with Crippen molar-refractivity contribution in [1.29, 1.82) is 0 Å². The molecular weight excluding hydrogens is 260 g/mol. The molecule has 0 radical (unpaired) electrons. The van der Waals surface area contributed by atoms with Gasteiger partial charge in [0.1, 0.15) is 0 Å². The van der Waals surface area contributed by atoms with Crippen LogP contribution in [0.25, 0.3) is 0 Å². The third-order valence-electron chi connectivity index (χ3n) is 3.54. The first-order chi connectivity index (χ1) is 10.3. The Hall–Kier alpha value is -2.16. The Morgan fingerprint density at radius 2 is 1.90 bits per heavy atom. The lowest BCUT2D eigenvalue weighted by atomic mass is 10.0. The number of rotatable bonds is 7. The summed E-state index contributed by atoms with van der Waals surface area (Å²) in [4.78, 5) is 16.1. The van der Waals surface area contributed by atoms with E-state index in [-0.39, 0.29) is 5.91 Å². The Bertz CT molecular complexity index is 566. The van der Waals surface area contributed by atoms with Crippen LogP contribution in [0.4, 0.5) is 0 Å². The Labute approximate surface area is 126 Å². The van der Waals surface area contributed by atoms with Gasteiger partial charge < -0.3 is 5.32 Å². The Kier molecular flexibility index (Phi) is 5.95. The van der Waals surface area contributed by atoms with Crippen LogP contribution in [0, 0.1) is 6.92 Å². The van der Waals surface area contributed by atoms with Crippen LogP contribution in [-0.2, 0) is 17.6 Å². The topological polar surface area (TPSA) is 42.0 Å². The number of carbonyl (C=O) groups is 1. The van der Waals surface area contributed by atoms with E-state index in [1.807, 2.05) is 30.3 Å². The van der Waals surface area contributed by atoms with Crippen LogP contribution in [0.5, 0.6) is 0 Å². The van der Waals surface area contributed by atoms with E-state index in [4.69, 9.17) is 0 Å². The van der Waals surface area contributed by atoms with Crippen molar-refractivity contribution in [2.24, 2.45) is 0 Å². The number of pyridine rings is 1. The van der Waals surface area contributed by atoms with Crippen LogP contribution >= 0.6 is 0 Å². The highest BCUT2D eigenvalue weighted by molar-refractivity contribution is 5.76. The van der Waals surface area contributed by atoms with E-state index in [0.717, 1.165) is 25.0 Å². The lowest BCUT2D eigenvalue weighted by molar-refractivity contribution is -0.121. The SMILES string of the molecule is Cc1ccccc1CCC(=O)NCCCc1ccccn1. The minimum absolute atomic E-state index is 0.124. The molecule has 0 atom stereocenters. The first kappa shape index (κ1) is 15.2. The zero-order valence-electron chi connectivity index (χ0n) is 12.5. The summed E-state index contributed by atoms with van der Waals surface area (Å²) in [6, 6.07) is 14.1. The molecule has 3 nitrogen and oxygen atoms in total. The number of hydrogen-bond donors (Lipinski definition) is 1. The minimum atomic E-state index is 0.124. The monoisotopic (exact) mass is 282 g/mol. The van der Waals surface area contributed by atoms with Crippen LogP contribution in [0.1, 0.15) is 29.7 Å². The second-order valence-electron chi connectivity index (χ2n) is 5.20. The molecule has 0 aliphatic carbocycles. The van der Waals surface area contributed by atoms with Crippen molar-refractivity contribution >= 4 is 5.91 Å². The Balaban J connectivity index is 1.63. The number of amides is 1. The molecule has 0 aliphatic heterocycles. The van der Waals surface area contributed by atoms with Crippen molar-refractivity contribution in [2.75, 3.05) is 6.54 Å². The Morgan fingerprint density at radius 1 is 1.10 bits per heavy atom. The van der Waals surface area contributed by atoms with Gasteiger partial charge in [-0.25, -0.2) is 0 Å². The standard InChI is InChI=1S/C18H22N2O/c1-15-7-2-3-8-16(15)11-12-18(21)20-14-6-10-17-9-4-5-13-19-17/h2-5,7-9,13H,6,10-12,14H2,1H3,(H,20,21). The van der Waals surface area contributed by atoms with Crippen molar-refractivity contribution in [1.82, 2.24) is 10.3 Å². The molecule has 0 saturated carbocycles. The molecule has 110 valence electrons. The quantitative estimate of drug-likeness (QED) is 0.793. The highest BCUT2D eigenvalue weighted by Crippen LogP contribution is 2.09. The van der Waals surface area contributed by atoms with E-state index in [1.54, 1.807) is 6.20 Å². The van der Waals surface area contributed by atoms with Gasteiger partial charge in [-0.3, -0.25) is 9.78 Å². The molecule has 1 aromatic carbocycles. The predicted molar refractivity (Wildman–Crippen MR) is 85.1 cm³/mol. The third-order valence-corrected chi connectivity index (χ3v) is 3.54. The van der Waals surface area contributed by atoms with Crippen molar-refractivity contribution in [2.45, 2.75) is 32.6 Å². The van der Waals surface area contributed by atoms with Crippen LogP contribution in [-0.4, -0.2) is 17.4 Å². The molecule has 0 saturated heterocycles. The molecule has 2 rings (SSSR count). The molecule has 0 bridgehead atoms. The van der Waals surface area contributed by atoms with Crippen LogP contribution in [0.15, 0.2) is 48.7 Å². The molecule has 1 amide bonds. The normalized spacial score (nSPS) is 10.3. The van der Waals surface area contributed by atoms with Crippen LogP contribution < -0.4 is 5.32 Å². The van der Waals surface area contributed by atoms with Gasteiger partial charge >= 0.3 is 0 Å². The largest absolute Gasteiger partial charge is 0.356 e. The van der Waals surface area contributed by atoms with Crippen molar-refractivity contribution in [3.8, 4) is 0 Å². The maximum atomic E-state index is 11.8. The summed E-state index contributed by atoms with van der Waals surface area (Å²) in [5.41, 5.74) is 3.58. The summed E-state index contributed by atoms with van der Waals surface area (Å²) in [6.07, 6.45) is 4.98. The van der Waals surface area contributed by atoms with Gasteiger partial charge in [0.25, 0.3) is 0 Å². The summed E-state index contributed by atoms with van der Waals surface area (Å²) in [6.45, 7) is 2.79. The number of benzene rings is 1. The maximum Gasteiger partial charge on any atom is 0.220 e. The summed E-state index contributed by atoms with van der Waals surface area (Å²) >= 11 is 0. The summed E-state index contributed by atoms with van der Waals surface area (Å²) in [5, 5.41) is 2.98. The number of nitrogens with one attached hydrogen (secondary N) is 1. The fraction of sp³-hybridized carbons (Fsp3) is 0.333. The fourth-order valence-corrected chi connectivity index (χ4v) is 2.27. The lowest BCUT2D eigenvalue weighted by Crippen LogP contribution is -2.25. The molecular formula is C18H22N2O. The van der Waals surface area contributed by atoms with Gasteiger partial charge in [-0.2, -0.15) is 0 Å². The van der Waals surface area contributed by atoms with Crippen LogP contribution in [0.2, 0.25) is 0 Å². The van der Waals surface area contributed by atoms with E-state index in [2.05, 4.69) is 29.4 Å². The zero-order valence-corrected chi connectivity index (χ0v) is 12.5. The van der Waals surface area contributed by atoms with Gasteiger partial charge in [-0.1, -0.05) is 30.3 Å². The smallest absolute Gasteiger partial charge is 0.220 e. The molecule has 1 aromatic heterocycles. The number of carbonyl (C=O) groups excluding carboxylic acids is 1. The van der Waals surface area contributed by atoms with E-state index in [9.17, 15) is 4.79 Å². The van der Waals surface area contributed by atoms with Gasteiger partial charge in [-0.15, -0.1) is 0 Å². The Morgan fingerprint density at radius 3 is 2.67 bits per heavy atom. The molecule has 0 unspecified atom stereocenters. The summed E-state index contributed by atoms with van der Waals surface area (Å²) in [7, 11) is 0. The zero-order chi connectivity index (χ0) is 14.9. The first-order valence-corrected chi connectivity index (χ1v) is 7.47. The van der Waals surface area contributed by atoms with E-state index in [0.29, 0.717) is 13.0 Å². The second kappa shape index (κ2) is 8.20. The molecule has 3 heteroatoms. The second-order valence-corrected chi connectivity index (χ2v) is 5.20. The molecule has 1 heterocycles. The number of aromatic nitrogens is 1. The summed E-state index contributed by atoms with van der Waals surface area (Å²) in [5.74, 6) is 0.124. The first-order valence-electron chi connectivity index (χ1n) is 7.47. The van der Waals surface area contributed by atoms with Gasteiger partial charge in [0.15, 0.2) is 0 Å². The highest BCUT2D eigenvalue weighted by Gasteiger charge is 2.03. The fourth-order valence-electron chi connectivity index (χ4n) is 2.27. The van der Waals surface area contributed by atoms with E-state index < -0.39 is 0 Å². The van der Waals surface area contributed by atoms with Crippen molar-refractivity contribution in [3.63, 3.8) is 0 Å². The van der Waals surface area contributed by atoms with Gasteiger partial charge in [0.2, 0.25) is 5.91 Å². The minimum Gasteiger partial charge on any atom is -0.356 e. The molecule has 0 fully saturated rings. The van der Waals surface area contributed by atoms with E-state index >= 15 is 0 Å². The molecule has 1 N–H and O–H groups in total. The number of aryl methyl sites for hydroxylation is 3. The number of nitrogens with zero attached hydrogens (tertiary/aromatic N) is 1. The molecule has 0 spiro atoms. The van der Waals surface area contributed by atoms with E-state index in [1.165, 1.54) is 11.1 Å².